The van der Waals surface area contributed by atoms with Crippen molar-refractivity contribution in [3.63, 3.8) is 0 Å². The van der Waals surface area contributed by atoms with E-state index in [0.717, 1.165) is 22.3 Å². The number of amides is 1. The largest absolute Gasteiger partial charge is 0.396 e. The quantitative estimate of drug-likeness (QED) is 0.720. The summed E-state index contributed by atoms with van der Waals surface area (Å²) in [4.78, 5) is 12.1. The number of aliphatic hydroxyl groups is 1. The van der Waals surface area contributed by atoms with Gasteiger partial charge in [-0.3, -0.25) is 9.89 Å². The number of aliphatic hydroxyl groups excluding tert-OH is 1. The third-order valence-corrected chi connectivity index (χ3v) is 3.82. The van der Waals surface area contributed by atoms with Gasteiger partial charge in [-0.15, -0.1) is 0 Å². The Labute approximate surface area is 122 Å². The number of rotatable bonds is 7. The molecule has 2 rings (SSSR count). The van der Waals surface area contributed by atoms with E-state index in [9.17, 15) is 4.79 Å². The molecule has 1 heterocycles. The van der Waals surface area contributed by atoms with Crippen molar-refractivity contribution in [3.05, 3.63) is 30.0 Å². The average Bonchev–Trinajstić information content (AvgIpc) is 2.83. The van der Waals surface area contributed by atoms with Gasteiger partial charge < -0.3 is 10.4 Å². The van der Waals surface area contributed by atoms with Gasteiger partial charge in [0.05, 0.1) is 17.6 Å². The summed E-state index contributed by atoms with van der Waals surface area (Å²) in [5.74, 6) is 0.752. The van der Waals surface area contributed by atoms with Gasteiger partial charge in [0, 0.05) is 23.8 Å². The van der Waals surface area contributed by atoms with Crippen LogP contribution in [0.4, 0.5) is 0 Å². The first-order chi connectivity index (χ1) is 9.74. The zero-order valence-corrected chi connectivity index (χ0v) is 12.2. The van der Waals surface area contributed by atoms with Crippen LogP contribution in [0, 0.1) is 0 Å². The summed E-state index contributed by atoms with van der Waals surface area (Å²) in [7, 11) is 0. The van der Waals surface area contributed by atoms with Crippen molar-refractivity contribution < 1.29 is 9.90 Å². The number of H-pyrrole nitrogens is 1. The summed E-state index contributed by atoms with van der Waals surface area (Å²) in [6.45, 7) is 0.0818. The maximum Gasteiger partial charge on any atom is 0.226 e. The molecule has 0 spiro atoms. The predicted octanol–water partition coefficient (Wildman–Crippen LogP) is 1.34. The number of hydrogen-bond acceptors (Lipinski definition) is 4. The zero-order chi connectivity index (χ0) is 14.4. The third-order valence-electron chi connectivity index (χ3n) is 3.09. The van der Waals surface area contributed by atoms with Crippen molar-refractivity contribution in [2.45, 2.75) is 18.9 Å². The number of nitrogens with zero attached hydrogens (tertiary/aromatic N) is 1. The summed E-state index contributed by atoms with van der Waals surface area (Å²) in [6.07, 6.45) is 2.84. The zero-order valence-electron chi connectivity index (χ0n) is 11.4. The standard InChI is InChI=1S/C14H19N3O2S/c1-20-9-10(6-7-18)15-14(19)8-13-11-4-2-3-5-12(11)16-17-13/h2-5,10,18H,6-9H2,1H3,(H,15,19)(H,16,17). The summed E-state index contributed by atoms with van der Waals surface area (Å²) in [5.41, 5.74) is 1.69. The van der Waals surface area contributed by atoms with Crippen molar-refractivity contribution in [2.75, 3.05) is 18.6 Å². The maximum absolute atomic E-state index is 12.1. The number of thioether (sulfide) groups is 1. The van der Waals surface area contributed by atoms with Crippen molar-refractivity contribution >= 4 is 28.6 Å². The van der Waals surface area contributed by atoms with Gasteiger partial charge >= 0.3 is 0 Å². The number of aromatic amines is 1. The normalized spacial score (nSPS) is 12.5. The van der Waals surface area contributed by atoms with Crippen LogP contribution in [-0.2, 0) is 11.2 Å². The monoisotopic (exact) mass is 293 g/mol. The van der Waals surface area contributed by atoms with Crippen LogP contribution in [0.2, 0.25) is 0 Å². The highest BCUT2D eigenvalue weighted by atomic mass is 32.2. The van der Waals surface area contributed by atoms with E-state index in [1.54, 1.807) is 11.8 Å². The highest BCUT2D eigenvalue weighted by molar-refractivity contribution is 7.98. The van der Waals surface area contributed by atoms with Crippen LogP contribution in [0.15, 0.2) is 24.3 Å². The van der Waals surface area contributed by atoms with Gasteiger partial charge in [0.25, 0.3) is 0 Å². The number of fused-ring (bicyclic) bond motifs is 1. The molecule has 1 aromatic carbocycles. The van der Waals surface area contributed by atoms with E-state index >= 15 is 0 Å². The Morgan fingerprint density at radius 3 is 3.05 bits per heavy atom. The molecule has 0 aliphatic carbocycles. The fourth-order valence-corrected chi connectivity index (χ4v) is 2.79. The van der Waals surface area contributed by atoms with E-state index in [0.29, 0.717) is 6.42 Å². The molecule has 1 aromatic heterocycles. The molecular formula is C14H19N3O2S. The summed E-state index contributed by atoms with van der Waals surface area (Å²) < 4.78 is 0. The van der Waals surface area contributed by atoms with Crippen molar-refractivity contribution in [1.82, 2.24) is 15.5 Å². The van der Waals surface area contributed by atoms with Crippen LogP contribution in [0.3, 0.4) is 0 Å². The van der Waals surface area contributed by atoms with E-state index < -0.39 is 0 Å². The molecular weight excluding hydrogens is 274 g/mol. The number of carbonyl (C=O) groups excluding carboxylic acids is 1. The first kappa shape index (κ1) is 14.9. The molecule has 6 heteroatoms. The number of carbonyl (C=O) groups is 1. The second kappa shape index (κ2) is 7.31. The Hall–Kier alpha value is -1.53. The molecule has 20 heavy (non-hydrogen) atoms. The minimum absolute atomic E-state index is 0.0108. The van der Waals surface area contributed by atoms with Gasteiger partial charge in [-0.05, 0) is 18.7 Å². The van der Waals surface area contributed by atoms with Crippen LogP contribution < -0.4 is 5.32 Å². The second-order valence-electron chi connectivity index (χ2n) is 4.63. The van der Waals surface area contributed by atoms with Gasteiger partial charge in [-0.2, -0.15) is 16.9 Å². The van der Waals surface area contributed by atoms with Crippen LogP contribution in [0.1, 0.15) is 12.1 Å². The van der Waals surface area contributed by atoms with Gasteiger partial charge in [0.15, 0.2) is 0 Å². The van der Waals surface area contributed by atoms with E-state index in [-0.39, 0.29) is 25.0 Å². The van der Waals surface area contributed by atoms with Gasteiger partial charge in [-0.1, -0.05) is 18.2 Å². The Morgan fingerprint density at radius 1 is 1.50 bits per heavy atom. The minimum Gasteiger partial charge on any atom is -0.396 e. The van der Waals surface area contributed by atoms with Gasteiger partial charge in [0.1, 0.15) is 0 Å². The Balaban J connectivity index is 2.00. The lowest BCUT2D eigenvalue weighted by atomic mass is 10.1. The van der Waals surface area contributed by atoms with Gasteiger partial charge in [0.2, 0.25) is 5.91 Å². The molecule has 5 nitrogen and oxygen atoms in total. The molecule has 1 atom stereocenters. The Morgan fingerprint density at radius 2 is 2.30 bits per heavy atom. The van der Waals surface area contributed by atoms with Crippen LogP contribution in [-0.4, -0.2) is 45.9 Å². The topological polar surface area (TPSA) is 78.0 Å². The smallest absolute Gasteiger partial charge is 0.226 e. The number of para-hydroxylation sites is 1. The molecule has 0 aliphatic rings. The van der Waals surface area contributed by atoms with E-state index in [2.05, 4.69) is 15.5 Å². The number of hydrogen-bond donors (Lipinski definition) is 3. The summed E-state index contributed by atoms with van der Waals surface area (Å²) in [5, 5.41) is 20.0. The van der Waals surface area contributed by atoms with Crippen molar-refractivity contribution in [2.24, 2.45) is 0 Å². The SMILES string of the molecule is CSCC(CCO)NC(=O)Cc1[nH]nc2ccccc12. The van der Waals surface area contributed by atoms with E-state index in [1.807, 2.05) is 30.5 Å². The molecule has 1 amide bonds. The van der Waals surface area contributed by atoms with Crippen molar-refractivity contribution in [3.8, 4) is 0 Å². The van der Waals surface area contributed by atoms with E-state index in [1.165, 1.54) is 0 Å². The van der Waals surface area contributed by atoms with Crippen molar-refractivity contribution in [1.29, 1.82) is 0 Å². The first-order valence-electron chi connectivity index (χ1n) is 6.55. The molecule has 0 radical (unpaired) electrons. The Bertz CT molecular complexity index is 564. The second-order valence-corrected chi connectivity index (χ2v) is 5.54. The maximum atomic E-state index is 12.1. The average molecular weight is 293 g/mol. The van der Waals surface area contributed by atoms with Gasteiger partial charge in [-0.25, -0.2) is 0 Å². The summed E-state index contributed by atoms with van der Waals surface area (Å²) in [6, 6.07) is 7.73. The predicted molar refractivity (Wildman–Crippen MR) is 81.8 cm³/mol. The van der Waals surface area contributed by atoms with Crippen LogP contribution in [0.5, 0.6) is 0 Å². The molecule has 3 N–H and O–H groups in total. The fraction of sp³-hybridized carbons (Fsp3) is 0.429. The first-order valence-corrected chi connectivity index (χ1v) is 7.95. The molecule has 0 aliphatic heterocycles. The molecule has 108 valence electrons. The lowest BCUT2D eigenvalue weighted by Crippen LogP contribution is -2.38. The Kier molecular flexibility index (Phi) is 5.43. The van der Waals surface area contributed by atoms with Crippen LogP contribution >= 0.6 is 11.8 Å². The molecule has 0 fully saturated rings. The molecule has 1 unspecified atom stereocenters. The highest BCUT2D eigenvalue weighted by Gasteiger charge is 2.14. The number of benzene rings is 1. The molecule has 2 aromatic rings. The third kappa shape index (κ3) is 3.74. The number of nitrogens with one attached hydrogen (secondary N) is 2. The lowest BCUT2D eigenvalue weighted by Gasteiger charge is -2.16. The highest BCUT2D eigenvalue weighted by Crippen LogP contribution is 2.15. The lowest BCUT2D eigenvalue weighted by molar-refractivity contribution is -0.121. The van der Waals surface area contributed by atoms with E-state index in [4.69, 9.17) is 5.11 Å². The minimum atomic E-state index is -0.0492. The molecule has 0 saturated heterocycles. The fourth-order valence-electron chi connectivity index (χ4n) is 2.14. The number of aromatic nitrogens is 2. The summed E-state index contributed by atoms with van der Waals surface area (Å²) >= 11 is 1.66. The van der Waals surface area contributed by atoms with Crippen LogP contribution in [0.25, 0.3) is 10.9 Å². The molecule has 0 bridgehead atoms. The molecule has 0 saturated carbocycles.